The van der Waals surface area contributed by atoms with Crippen LogP contribution in [0.2, 0.25) is 0 Å². The molecule has 0 amide bonds. The quantitative estimate of drug-likeness (QED) is 0.117. The van der Waals surface area contributed by atoms with Gasteiger partial charge < -0.3 is 0 Å². The molecular weight excluding hydrogens is 733 g/mol. The fourth-order valence-electron chi connectivity index (χ4n) is 4.36. The summed E-state index contributed by atoms with van der Waals surface area (Å²) in [5.41, 5.74) is 0. The maximum absolute atomic E-state index is 4.85. The summed E-state index contributed by atoms with van der Waals surface area (Å²) in [6.45, 7) is 6.92. The van der Waals surface area contributed by atoms with E-state index in [9.17, 15) is 0 Å². The first-order chi connectivity index (χ1) is 22.0. The molecule has 0 radical (unpaired) electrons. The summed E-state index contributed by atoms with van der Waals surface area (Å²) in [6, 6.07) is 64.2. The molecule has 0 aliphatic heterocycles. The molecule has 0 aliphatic carbocycles. The van der Waals surface area contributed by atoms with Gasteiger partial charge in [-0.1, -0.05) is 182 Å². The monoisotopic (exact) mass is 772 g/mol. The van der Waals surface area contributed by atoms with E-state index in [4.69, 9.17) is 19.4 Å². The van der Waals surface area contributed by atoms with Crippen molar-refractivity contribution in [2.24, 2.45) is 0 Å². The van der Waals surface area contributed by atoms with Crippen molar-refractivity contribution in [3.8, 4) is 0 Å². The molecule has 0 unspecified atom stereocenters. The zero-order valence-corrected chi connectivity index (χ0v) is 31.7. The van der Waals surface area contributed by atoms with Gasteiger partial charge in [-0.2, -0.15) is 0 Å². The number of halogens is 2. The van der Waals surface area contributed by atoms with Gasteiger partial charge >= 0.3 is 34.5 Å². The molecule has 0 bridgehead atoms. The first-order valence-electron chi connectivity index (χ1n) is 14.4. The Balaban J connectivity index is 0.000000176. The third kappa shape index (κ3) is 13.6. The Morgan fingerprint density at radius 1 is 0.289 bits per heavy atom. The molecule has 6 aromatic rings. The molecule has 6 rings (SSSR count). The van der Waals surface area contributed by atoms with Crippen molar-refractivity contribution < 1.29 is 15.1 Å². The molecule has 0 saturated heterocycles. The van der Waals surface area contributed by atoms with E-state index in [2.05, 4.69) is 202 Å². The van der Waals surface area contributed by atoms with Crippen LogP contribution in [0.25, 0.3) is 0 Å². The number of hydrogen-bond donors (Lipinski definition) is 0. The average Bonchev–Trinajstić information content (AvgIpc) is 3.14. The summed E-state index contributed by atoms with van der Waals surface area (Å²) >= 11 is -0.346. The van der Waals surface area contributed by atoms with Gasteiger partial charge in [-0.3, -0.25) is 0 Å². The van der Waals surface area contributed by atoms with Crippen molar-refractivity contribution in [1.82, 2.24) is 0 Å². The molecule has 6 aromatic carbocycles. The predicted octanol–water partition coefficient (Wildman–Crippen LogP) is 9.62. The van der Waals surface area contributed by atoms with Crippen LogP contribution in [0.1, 0.15) is 0 Å². The van der Waals surface area contributed by atoms with E-state index in [0.29, 0.717) is 0 Å². The van der Waals surface area contributed by atoms with Crippen molar-refractivity contribution in [3.63, 3.8) is 0 Å². The van der Waals surface area contributed by atoms with Gasteiger partial charge in [0.15, 0.2) is 0 Å². The summed E-state index contributed by atoms with van der Waals surface area (Å²) in [6.07, 6.45) is 0. The maximum atomic E-state index is 4.85. The van der Waals surface area contributed by atoms with Crippen molar-refractivity contribution in [2.45, 2.75) is 0 Å². The van der Waals surface area contributed by atoms with Crippen molar-refractivity contribution >= 4 is 75.0 Å². The number of benzene rings is 6. The van der Waals surface area contributed by atoms with Gasteiger partial charge in [0.1, 0.15) is 0 Å². The van der Waals surface area contributed by atoms with Crippen molar-refractivity contribution in [3.05, 3.63) is 182 Å². The Bertz CT molecular complexity index is 1250. The summed E-state index contributed by atoms with van der Waals surface area (Å²) < 4.78 is 0. The van der Waals surface area contributed by atoms with Gasteiger partial charge in [0.25, 0.3) is 0 Å². The summed E-state index contributed by atoms with van der Waals surface area (Å²) in [4.78, 5) is 0. The van der Waals surface area contributed by atoms with E-state index >= 15 is 0 Å². The third-order valence-corrected chi connectivity index (χ3v) is 13.3. The molecular formula is C39H39Cl2P3Ru. The van der Waals surface area contributed by atoms with Crippen LogP contribution >= 0.6 is 43.1 Å². The van der Waals surface area contributed by atoms with Crippen LogP contribution in [0.4, 0.5) is 0 Å². The van der Waals surface area contributed by atoms with E-state index in [0.717, 1.165) is 0 Å². The normalized spacial score (nSPS) is 10.2. The summed E-state index contributed by atoms with van der Waals surface area (Å²) in [5, 5.41) is 8.63. The number of rotatable bonds is 6. The fourth-order valence-corrected chi connectivity index (χ4v) is 8.97. The third-order valence-electron chi connectivity index (χ3n) is 6.86. The first-order valence-corrected chi connectivity index (χ1v) is 24.3. The Kier molecular flexibility index (Phi) is 18.5. The summed E-state index contributed by atoms with van der Waals surface area (Å²) in [5.74, 6) is 0. The molecule has 0 heterocycles. The zero-order valence-electron chi connectivity index (χ0n) is 25.8. The minimum atomic E-state index is -0.346. The van der Waals surface area contributed by atoms with Gasteiger partial charge in [-0.15, -0.1) is 0 Å². The molecule has 6 heteroatoms. The Labute approximate surface area is 290 Å². The molecule has 0 N–H and O–H groups in total. The molecule has 0 fully saturated rings. The second-order valence-corrected chi connectivity index (χ2v) is 18.8. The Morgan fingerprint density at radius 2 is 0.400 bits per heavy atom. The van der Waals surface area contributed by atoms with E-state index in [1.165, 1.54) is 31.8 Å². The molecule has 0 aromatic heterocycles. The zero-order chi connectivity index (χ0) is 32.1. The number of hydrogen-bond acceptors (Lipinski definition) is 0. The average molecular weight is 773 g/mol. The van der Waals surface area contributed by atoms with Gasteiger partial charge in [-0.05, 0) is 75.6 Å². The molecule has 0 saturated carbocycles. The van der Waals surface area contributed by atoms with E-state index < -0.39 is 0 Å². The molecule has 0 spiro atoms. The molecule has 0 aliphatic rings. The van der Waals surface area contributed by atoms with Gasteiger partial charge in [0.05, 0.1) is 0 Å². The topological polar surface area (TPSA) is 0 Å². The SMILES string of the molecule is CP(c1ccccc1)c1ccccc1.CP(c1ccccc1)c1ccccc1.CP(c1ccccc1)c1ccccc1.[Cl][Ru][Cl]. The van der Waals surface area contributed by atoms with Gasteiger partial charge in [0, 0.05) is 0 Å². The van der Waals surface area contributed by atoms with Crippen LogP contribution in [-0.2, 0) is 15.1 Å². The van der Waals surface area contributed by atoms with Gasteiger partial charge in [0.2, 0.25) is 0 Å². The van der Waals surface area contributed by atoms with E-state index in [1.54, 1.807) is 0 Å². The van der Waals surface area contributed by atoms with Crippen LogP contribution in [0.3, 0.4) is 0 Å². The standard InChI is InChI=1S/3C13H13P.2ClH.Ru/c3*1-14(12-8-4-2-5-9-12)13-10-6-3-7-11-13;;;/h3*2-11H,1H3;2*1H;/q;;;;;+2/p-2. The van der Waals surface area contributed by atoms with Crippen LogP contribution in [0.5, 0.6) is 0 Å². The Hall–Kier alpha value is -2.19. The molecule has 232 valence electrons. The minimum absolute atomic E-state index is 0.171. The first kappa shape index (κ1) is 37.3. The van der Waals surface area contributed by atoms with E-state index in [-0.39, 0.29) is 38.9 Å². The molecule has 0 atom stereocenters. The van der Waals surface area contributed by atoms with Crippen LogP contribution in [0, 0.1) is 0 Å². The van der Waals surface area contributed by atoms with Crippen LogP contribution < -0.4 is 31.8 Å². The van der Waals surface area contributed by atoms with Crippen molar-refractivity contribution in [2.75, 3.05) is 20.0 Å². The Morgan fingerprint density at radius 3 is 0.511 bits per heavy atom. The van der Waals surface area contributed by atoms with Crippen LogP contribution in [0.15, 0.2) is 182 Å². The molecule has 45 heavy (non-hydrogen) atoms. The molecule has 0 nitrogen and oxygen atoms in total. The second kappa shape index (κ2) is 22.4. The van der Waals surface area contributed by atoms with Gasteiger partial charge in [-0.25, -0.2) is 0 Å². The van der Waals surface area contributed by atoms with Crippen molar-refractivity contribution in [1.29, 1.82) is 0 Å². The van der Waals surface area contributed by atoms with E-state index in [1.807, 2.05) is 0 Å². The fraction of sp³-hybridized carbons (Fsp3) is 0.0769. The summed E-state index contributed by atoms with van der Waals surface area (Å²) in [7, 11) is 9.20. The van der Waals surface area contributed by atoms with Crippen LogP contribution in [-0.4, -0.2) is 20.0 Å². The second-order valence-electron chi connectivity index (χ2n) is 9.74. The predicted molar refractivity (Wildman–Crippen MR) is 207 cm³/mol.